The van der Waals surface area contributed by atoms with Gasteiger partial charge in [-0.1, -0.05) is 6.07 Å². The van der Waals surface area contributed by atoms with Crippen molar-refractivity contribution in [2.75, 3.05) is 0 Å². The predicted molar refractivity (Wildman–Crippen MR) is 74.1 cm³/mol. The van der Waals surface area contributed by atoms with E-state index in [2.05, 4.69) is 5.32 Å². The standard InChI is InChI=1S/C13H16ClNO3S/c1-8-6-9(2)11(19(14,17)18)7-10(8)12(16)15-13(3)4-5-13/h6-7H,4-5H2,1-3H3,(H,15,16). The summed E-state index contributed by atoms with van der Waals surface area (Å²) in [4.78, 5) is 12.2. The molecule has 0 atom stereocenters. The average molecular weight is 302 g/mol. The van der Waals surface area contributed by atoms with Crippen LogP contribution in [-0.4, -0.2) is 19.9 Å². The van der Waals surface area contributed by atoms with E-state index in [0.29, 0.717) is 11.1 Å². The third-order valence-electron chi connectivity index (χ3n) is 3.44. The Labute approximate surface area is 117 Å². The van der Waals surface area contributed by atoms with Gasteiger partial charge in [-0.05, 0) is 50.8 Å². The highest BCUT2D eigenvalue weighted by atomic mass is 35.7. The van der Waals surface area contributed by atoms with Crippen LogP contribution >= 0.6 is 10.7 Å². The third kappa shape index (κ3) is 3.09. The minimum Gasteiger partial charge on any atom is -0.347 e. The Hall–Kier alpha value is -1.07. The molecule has 19 heavy (non-hydrogen) atoms. The Balaban J connectivity index is 2.43. The molecule has 1 fully saturated rings. The predicted octanol–water partition coefficient (Wildman–Crippen LogP) is 2.51. The van der Waals surface area contributed by atoms with Crippen molar-refractivity contribution in [2.24, 2.45) is 0 Å². The third-order valence-corrected chi connectivity index (χ3v) is 4.91. The maximum Gasteiger partial charge on any atom is 0.261 e. The van der Waals surface area contributed by atoms with E-state index in [4.69, 9.17) is 10.7 Å². The van der Waals surface area contributed by atoms with E-state index in [1.54, 1.807) is 19.9 Å². The molecule has 0 aromatic heterocycles. The zero-order valence-electron chi connectivity index (χ0n) is 11.1. The Morgan fingerprint density at radius 3 is 2.32 bits per heavy atom. The number of nitrogens with one attached hydrogen (secondary N) is 1. The topological polar surface area (TPSA) is 63.2 Å². The Bertz CT molecular complexity index is 648. The van der Waals surface area contributed by atoms with Gasteiger partial charge in [0.1, 0.15) is 0 Å². The van der Waals surface area contributed by atoms with Crippen LogP contribution in [0.3, 0.4) is 0 Å². The molecular formula is C13H16ClNO3S. The first-order valence-corrected chi connectivity index (χ1v) is 8.32. The molecule has 0 saturated heterocycles. The first-order chi connectivity index (χ1) is 8.62. The van der Waals surface area contributed by atoms with Gasteiger partial charge in [0.2, 0.25) is 0 Å². The van der Waals surface area contributed by atoms with E-state index in [1.165, 1.54) is 6.07 Å². The van der Waals surface area contributed by atoms with Crippen molar-refractivity contribution in [2.45, 2.75) is 44.0 Å². The van der Waals surface area contributed by atoms with Gasteiger partial charge >= 0.3 is 0 Å². The van der Waals surface area contributed by atoms with E-state index >= 15 is 0 Å². The lowest BCUT2D eigenvalue weighted by atomic mass is 10.0. The molecule has 1 amide bonds. The summed E-state index contributed by atoms with van der Waals surface area (Å²) in [6.07, 6.45) is 1.90. The first-order valence-electron chi connectivity index (χ1n) is 6.01. The lowest BCUT2D eigenvalue weighted by molar-refractivity contribution is 0.0934. The van der Waals surface area contributed by atoms with Crippen molar-refractivity contribution in [3.05, 3.63) is 28.8 Å². The summed E-state index contributed by atoms with van der Waals surface area (Å²) in [6.45, 7) is 5.40. The molecular weight excluding hydrogens is 286 g/mol. The maximum absolute atomic E-state index is 12.2. The fourth-order valence-corrected chi connectivity index (χ4v) is 3.19. The minimum atomic E-state index is -3.84. The van der Waals surface area contributed by atoms with Crippen molar-refractivity contribution in [1.82, 2.24) is 5.32 Å². The number of halogens is 1. The van der Waals surface area contributed by atoms with Crippen LogP contribution in [0, 0.1) is 13.8 Å². The van der Waals surface area contributed by atoms with Gasteiger partial charge in [-0.15, -0.1) is 0 Å². The van der Waals surface area contributed by atoms with Gasteiger partial charge in [-0.2, -0.15) is 0 Å². The number of hydrogen-bond donors (Lipinski definition) is 1. The lowest BCUT2D eigenvalue weighted by Gasteiger charge is -2.14. The Kier molecular flexibility index (Phi) is 3.39. The molecule has 1 aliphatic carbocycles. The van der Waals surface area contributed by atoms with Crippen molar-refractivity contribution in [3.8, 4) is 0 Å². The zero-order valence-corrected chi connectivity index (χ0v) is 12.7. The number of hydrogen-bond acceptors (Lipinski definition) is 3. The van der Waals surface area contributed by atoms with Gasteiger partial charge in [0.15, 0.2) is 0 Å². The molecule has 1 N–H and O–H groups in total. The van der Waals surface area contributed by atoms with Gasteiger partial charge < -0.3 is 5.32 Å². The summed E-state index contributed by atoms with van der Waals surface area (Å²) in [5.74, 6) is -0.251. The largest absolute Gasteiger partial charge is 0.347 e. The number of carbonyl (C=O) groups excluding carboxylic acids is 1. The second-order valence-electron chi connectivity index (χ2n) is 5.39. The fourth-order valence-electron chi connectivity index (χ4n) is 1.99. The summed E-state index contributed by atoms with van der Waals surface area (Å²) in [6, 6.07) is 3.02. The summed E-state index contributed by atoms with van der Waals surface area (Å²) < 4.78 is 22.9. The summed E-state index contributed by atoms with van der Waals surface area (Å²) >= 11 is 0. The highest BCUT2D eigenvalue weighted by Crippen LogP contribution is 2.35. The normalized spacial score (nSPS) is 17.1. The molecule has 0 radical (unpaired) electrons. The average Bonchev–Trinajstić information content (AvgIpc) is 2.93. The summed E-state index contributed by atoms with van der Waals surface area (Å²) in [7, 11) is 1.54. The maximum atomic E-state index is 12.2. The number of benzene rings is 1. The van der Waals surface area contributed by atoms with E-state index in [0.717, 1.165) is 18.4 Å². The molecule has 6 heteroatoms. The van der Waals surface area contributed by atoms with Gasteiger partial charge in [0, 0.05) is 21.8 Å². The minimum absolute atomic E-state index is 0.00846. The Morgan fingerprint density at radius 2 is 1.84 bits per heavy atom. The van der Waals surface area contributed by atoms with Gasteiger partial charge in [-0.25, -0.2) is 8.42 Å². The second-order valence-corrected chi connectivity index (χ2v) is 7.92. The van der Waals surface area contributed by atoms with Crippen LogP contribution in [0.1, 0.15) is 41.3 Å². The molecule has 1 saturated carbocycles. The summed E-state index contributed by atoms with van der Waals surface area (Å²) in [5, 5.41) is 2.91. The molecule has 1 aliphatic rings. The van der Waals surface area contributed by atoms with E-state index in [9.17, 15) is 13.2 Å². The van der Waals surface area contributed by atoms with Gasteiger partial charge in [0.05, 0.1) is 4.90 Å². The van der Waals surface area contributed by atoms with Crippen LogP contribution < -0.4 is 5.32 Å². The van der Waals surface area contributed by atoms with Gasteiger partial charge in [0.25, 0.3) is 15.0 Å². The number of rotatable bonds is 3. The first kappa shape index (κ1) is 14.3. The van der Waals surface area contributed by atoms with Crippen molar-refractivity contribution in [3.63, 3.8) is 0 Å². The lowest BCUT2D eigenvalue weighted by Crippen LogP contribution is -2.34. The molecule has 4 nitrogen and oxygen atoms in total. The monoisotopic (exact) mass is 301 g/mol. The molecule has 0 aliphatic heterocycles. The number of amides is 1. The molecule has 0 heterocycles. The van der Waals surface area contributed by atoms with Crippen molar-refractivity contribution in [1.29, 1.82) is 0 Å². The number of carbonyl (C=O) groups is 1. The van der Waals surface area contributed by atoms with E-state index < -0.39 is 9.05 Å². The second kappa shape index (κ2) is 4.49. The fraction of sp³-hybridized carbons (Fsp3) is 0.462. The van der Waals surface area contributed by atoms with Crippen LogP contribution in [0.5, 0.6) is 0 Å². The van der Waals surface area contributed by atoms with Crippen LogP contribution in [0.4, 0.5) is 0 Å². The highest BCUT2D eigenvalue weighted by molar-refractivity contribution is 8.13. The Morgan fingerprint density at radius 1 is 1.26 bits per heavy atom. The molecule has 0 bridgehead atoms. The van der Waals surface area contributed by atoms with E-state index in [-0.39, 0.29) is 16.3 Å². The van der Waals surface area contributed by atoms with Gasteiger partial charge in [-0.3, -0.25) is 4.79 Å². The van der Waals surface area contributed by atoms with Crippen molar-refractivity contribution < 1.29 is 13.2 Å². The molecule has 0 spiro atoms. The molecule has 0 unspecified atom stereocenters. The SMILES string of the molecule is Cc1cc(C)c(S(=O)(=O)Cl)cc1C(=O)NC1(C)CC1. The van der Waals surface area contributed by atoms with Crippen molar-refractivity contribution >= 4 is 25.6 Å². The molecule has 1 aromatic carbocycles. The molecule has 2 rings (SSSR count). The van der Waals surface area contributed by atoms with Crippen LogP contribution in [-0.2, 0) is 9.05 Å². The highest BCUT2D eigenvalue weighted by Gasteiger charge is 2.39. The van der Waals surface area contributed by atoms with E-state index in [1.807, 2.05) is 6.92 Å². The molecule has 104 valence electrons. The molecule has 1 aromatic rings. The number of aryl methyl sites for hydroxylation is 2. The van der Waals surface area contributed by atoms with Crippen LogP contribution in [0.25, 0.3) is 0 Å². The quantitative estimate of drug-likeness (QED) is 0.873. The van der Waals surface area contributed by atoms with Crippen LogP contribution in [0.15, 0.2) is 17.0 Å². The smallest absolute Gasteiger partial charge is 0.261 e. The summed E-state index contributed by atoms with van der Waals surface area (Å²) in [5.41, 5.74) is 1.50. The van der Waals surface area contributed by atoms with Crippen LogP contribution in [0.2, 0.25) is 0 Å². The zero-order chi connectivity index (χ0) is 14.4.